The summed E-state index contributed by atoms with van der Waals surface area (Å²) >= 11 is 0. The van der Waals surface area contributed by atoms with Crippen molar-refractivity contribution in [2.45, 2.75) is 41.5 Å². The van der Waals surface area contributed by atoms with Gasteiger partial charge in [0.25, 0.3) is 0 Å². The lowest BCUT2D eigenvalue weighted by atomic mass is 10.1. The molecule has 0 amide bonds. The van der Waals surface area contributed by atoms with Crippen LogP contribution in [0.5, 0.6) is 11.5 Å². The molecule has 0 heterocycles. The molecule has 2 heteroatoms. The Hall–Kier alpha value is -1.18. The van der Waals surface area contributed by atoms with E-state index in [4.69, 9.17) is 9.47 Å². The van der Waals surface area contributed by atoms with Gasteiger partial charge in [-0.2, -0.15) is 0 Å². The number of hydrogen-bond acceptors (Lipinski definition) is 2. The zero-order valence-corrected chi connectivity index (χ0v) is 12.0. The van der Waals surface area contributed by atoms with Gasteiger partial charge in [0.2, 0.25) is 0 Å². The van der Waals surface area contributed by atoms with E-state index < -0.39 is 0 Å². The first kappa shape index (κ1) is 17.2. The Morgan fingerprint density at radius 3 is 1.12 bits per heavy atom. The van der Waals surface area contributed by atoms with E-state index in [2.05, 4.69) is 0 Å². The fourth-order valence-corrected chi connectivity index (χ4v) is 1.20. The molecule has 0 unspecified atom stereocenters. The maximum atomic E-state index is 5.17. The quantitative estimate of drug-likeness (QED) is 0.745. The van der Waals surface area contributed by atoms with Crippen LogP contribution in [0.1, 0.15) is 38.8 Å². The third kappa shape index (κ3) is 5.06. The lowest BCUT2D eigenvalue weighted by Gasteiger charge is -2.09. The van der Waals surface area contributed by atoms with Crippen molar-refractivity contribution in [1.29, 1.82) is 0 Å². The van der Waals surface area contributed by atoms with Crippen LogP contribution in [-0.2, 0) is 0 Å². The van der Waals surface area contributed by atoms with Crippen molar-refractivity contribution < 1.29 is 9.47 Å². The Bertz CT molecular complexity index is 251. The Morgan fingerprint density at radius 2 is 0.938 bits per heavy atom. The molecule has 0 radical (unpaired) electrons. The minimum atomic E-state index is 0.910. The third-order valence-corrected chi connectivity index (χ3v) is 1.91. The van der Waals surface area contributed by atoms with Crippen molar-refractivity contribution >= 4 is 0 Å². The normalized spacial score (nSPS) is 8.00. The molecule has 0 bridgehead atoms. The average molecular weight is 226 g/mol. The molecular formula is C14H26O2. The van der Waals surface area contributed by atoms with Crippen LogP contribution in [-0.4, -0.2) is 14.2 Å². The molecule has 2 nitrogen and oxygen atoms in total. The molecule has 0 aromatic heterocycles. The third-order valence-electron chi connectivity index (χ3n) is 1.91. The van der Waals surface area contributed by atoms with E-state index in [-0.39, 0.29) is 0 Å². The van der Waals surface area contributed by atoms with E-state index in [1.807, 2.05) is 53.7 Å². The highest BCUT2D eigenvalue weighted by molar-refractivity contribution is 5.45. The maximum Gasteiger partial charge on any atom is 0.122 e. The lowest BCUT2D eigenvalue weighted by Crippen LogP contribution is -1.92. The topological polar surface area (TPSA) is 18.5 Å². The molecule has 0 saturated heterocycles. The molecule has 0 aliphatic rings. The minimum Gasteiger partial charge on any atom is -0.496 e. The second-order valence-corrected chi connectivity index (χ2v) is 2.79. The first-order chi connectivity index (χ1) is 7.69. The predicted octanol–water partition coefficient (Wildman–Crippen LogP) is 4.37. The van der Waals surface area contributed by atoms with Crippen molar-refractivity contribution in [2.75, 3.05) is 14.2 Å². The Labute approximate surface area is 101 Å². The SMILES string of the molecule is CC.CC.COc1cc(C)c(OC)cc1C. The van der Waals surface area contributed by atoms with Crippen molar-refractivity contribution in [3.63, 3.8) is 0 Å². The van der Waals surface area contributed by atoms with Crippen LogP contribution in [0.15, 0.2) is 12.1 Å². The summed E-state index contributed by atoms with van der Waals surface area (Å²) in [6.07, 6.45) is 0. The molecule has 94 valence electrons. The molecule has 0 aliphatic carbocycles. The standard InChI is InChI=1S/C10H14O2.2C2H6/c1-7-5-10(12-4)8(2)6-9(7)11-3;2*1-2/h5-6H,1-4H3;2*1-2H3. The number of aryl methyl sites for hydroxylation is 2. The van der Waals surface area contributed by atoms with Crippen LogP contribution in [0.25, 0.3) is 0 Å². The van der Waals surface area contributed by atoms with Gasteiger partial charge in [-0.15, -0.1) is 0 Å². The van der Waals surface area contributed by atoms with Crippen molar-refractivity contribution in [3.8, 4) is 11.5 Å². The zero-order valence-electron chi connectivity index (χ0n) is 12.0. The van der Waals surface area contributed by atoms with Crippen LogP contribution in [0, 0.1) is 13.8 Å². The van der Waals surface area contributed by atoms with Gasteiger partial charge in [0, 0.05) is 0 Å². The van der Waals surface area contributed by atoms with Gasteiger partial charge in [-0.1, -0.05) is 27.7 Å². The molecule has 1 aromatic rings. The summed E-state index contributed by atoms with van der Waals surface area (Å²) in [5.41, 5.74) is 2.19. The van der Waals surface area contributed by atoms with Gasteiger partial charge < -0.3 is 9.47 Å². The number of hydrogen-bond donors (Lipinski definition) is 0. The van der Waals surface area contributed by atoms with Crippen LogP contribution in [0.3, 0.4) is 0 Å². The van der Waals surface area contributed by atoms with Gasteiger partial charge in [-0.25, -0.2) is 0 Å². The summed E-state index contributed by atoms with van der Waals surface area (Å²) in [5, 5.41) is 0. The first-order valence-electron chi connectivity index (χ1n) is 5.88. The summed E-state index contributed by atoms with van der Waals surface area (Å²) in [6, 6.07) is 3.96. The van der Waals surface area contributed by atoms with Gasteiger partial charge in [0.15, 0.2) is 0 Å². The highest BCUT2D eigenvalue weighted by Gasteiger charge is 2.03. The van der Waals surface area contributed by atoms with E-state index in [0.717, 1.165) is 22.6 Å². The fourth-order valence-electron chi connectivity index (χ4n) is 1.20. The predicted molar refractivity (Wildman–Crippen MR) is 71.7 cm³/mol. The fraction of sp³-hybridized carbons (Fsp3) is 0.571. The van der Waals surface area contributed by atoms with Crippen molar-refractivity contribution in [3.05, 3.63) is 23.3 Å². The number of rotatable bonds is 2. The van der Waals surface area contributed by atoms with Crippen LogP contribution < -0.4 is 9.47 Å². The molecule has 1 aromatic carbocycles. The monoisotopic (exact) mass is 226 g/mol. The second-order valence-electron chi connectivity index (χ2n) is 2.79. The van der Waals surface area contributed by atoms with Crippen molar-refractivity contribution in [1.82, 2.24) is 0 Å². The minimum absolute atomic E-state index is 0.910. The van der Waals surface area contributed by atoms with E-state index in [9.17, 15) is 0 Å². The summed E-state index contributed by atoms with van der Waals surface area (Å²) in [7, 11) is 3.35. The van der Waals surface area contributed by atoms with Crippen LogP contribution >= 0.6 is 0 Å². The van der Waals surface area contributed by atoms with Gasteiger partial charge in [0.1, 0.15) is 11.5 Å². The molecule has 0 aliphatic heterocycles. The average Bonchev–Trinajstić information content (AvgIpc) is 2.36. The zero-order chi connectivity index (χ0) is 13.1. The summed E-state index contributed by atoms with van der Waals surface area (Å²) in [4.78, 5) is 0. The molecule has 0 saturated carbocycles. The largest absolute Gasteiger partial charge is 0.496 e. The first-order valence-corrected chi connectivity index (χ1v) is 5.88. The maximum absolute atomic E-state index is 5.17. The number of ether oxygens (including phenoxy) is 2. The number of methoxy groups -OCH3 is 2. The summed E-state index contributed by atoms with van der Waals surface area (Å²) in [5.74, 6) is 1.82. The van der Waals surface area contributed by atoms with Gasteiger partial charge in [-0.05, 0) is 37.1 Å². The molecule has 1 rings (SSSR count). The number of benzene rings is 1. The molecule has 16 heavy (non-hydrogen) atoms. The van der Waals surface area contributed by atoms with E-state index in [1.165, 1.54) is 0 Å². The second kappa shape index (κ2) is 10.3. The van der Waals surface area contributed by atoms with Crippen LogP contribution in [0.4, 0.5) is 0 Å². The molecule has 0 fully saturated rings. The Kier molecular flexibility index (Phi) is 11.1. The molecular weight excluding hydrogens is 200 g/mol. The van der Waals surface area contributed by atoms with E-state index in [1.54, 1.807) is 14.2 Å². The van der Waals surface area contributed by atoms with Crippen molar-refractivity contribution in [2.24, 2.45) is 0 Å². The summed E-state index contributed by atoms with van der Waals surface area (Å²) < 4.78 is 10.3. The van der Waals surface area contributed by atoms with Gasteiger partial charge in [-0.3, -0.25) is 0 Å². The van der Waals surface area contributed by atoms with E-state index in [0.29, 0.717) is 0 Å². The smallest absolute Gasteiger partial charge is 0.122 e. The van der Waals surface area contributed by atoms with Gasteiger partial charge >= 0.3 is 0 Å². The highest BCUT2D eigenvalue weighted by atomic mass is 16.5. The summed E-state index contributed by atoms with van der Waals surface area (Å²) in [6.45, 7) is 12.0. The molecule has 0 spiro atoms. The highest BCUT2D eigenvalue weighted by Crippen LogP contribution is 2.26. The van der Waals surface area contributed by atoms with E-state index >= 15 is 0 Å². The molecule has 0 atom stereocenters. The Morgan fingerprint density at radius 1 is 0.688 bits per heavy atom. The van der Waals surface area contributed by atoms with Gasteiger partial charge in [0.05, 0.1) is 14.2 Å². The van der Waals surface area contributed by atoms with Crippen LogP contribution in [0.2, 0.25) is 0 Å². The molecule has 0 N–H and O–H groups in total. The Balaban J connectivity index is 0. The lowest BCUT2D eigenvalue weighted by molar-refractivity contribution is 0.398.